The molecular formula is C36H24O. The van der Waals surface area contributed by atoms with Gasteiger partial charge < -0.3 is 5.11 Å². The van der Waals surface area contributed by atoms with Gasteiger partial charge in [0.05, 0.1) is 0 Å². The van der Waals surface area contributed by atoms with Crippen molar-refractivity contribution in [3.8, 4) is 22.3 Å². The van der Waals surface area contributed by atoms with Crippen molar-refractivity contribution in [1.82, 2.24) is 0 Å². The minimum atomic E-state index is -1.16. The van der Waals surface area contributed by atoms with Gasteiger partial charge in [0.15, 0.2) is 0 Å². The fourth-order valence-corrected chi connectivity index (χ4v) is 6.71. The van der Waals surface area contributed by atoms with Gasteiger partial charge in [-0.2, -0.15) is 0 Å². The first-order chi connectivity index (χ1) is 18.2. The van der Waals surface area contributed by atoms with E-state index >= 15 is 0 Å². The van der Waals surface area contributed by atoms with Crippen molar-refractivity contribution in [3.63, 3.8) is 0 Å². The highest BCUT2D eigenvalue weighted by Crippen LogP contribution is 2.51. The number of hydrogen-bond acceptors (Lipinski definition) is 1. The lowest BCUT2D eigenvalue weighted by Crippen LogP contribution is -2.26. The maximum absolute atomic E-state index is 12.3. The molecule has 0 aromatic heterocycles. The standard InChI is InChI=1S/C36H24O/c37-36(33-15-7-5-11-29(33)30-12-6-8-16-34(30)36)26-20-19-23-21-25(18-17-24(23)22-26)35-31-13-3-1-9-27(31)28-10-2-4-14-32(28)35/h1-22,35,37H. The van der Waals surface area contributed by atoms with E-state index in [-0.39, 0.29) is 5.92 Å². The van der Waals surface area contributed by atoms with E-state index in [1.54, 1.807) is 0 Å². The van der Waals surface area contributed by atoms with E-state index < -0.39 is 5.60 Å². The van der Waals surface area contributed by atoms with Crippen LogP contribution in [0.25, 0.3) is 33.0 Å². The van der Waals surface area contributed by atoms with E-state index in [2.05, 4.69) is 109 Å². The van der Waals surface area contributed by atoms with Crippen molar-refractivity contribution in [1.29, 1.82) is 0 Å². The second kappa shape index (κ2) is 7.52. The highest BCUT2D eigenvalue weighted by Gasteiger charge is 2.42. The van der Waals surface area contributed by atoms with Crippen LogP contribution in [0.3, 0.4) is 0 Å². The Kier molecular flexibility index (Phi) is 4.21. The molecule has 0 aliphatic heterocycles. The largest absolute Gasteiger partial charge is 0.376 e. The van der Waals surface area contributed by atoms with Crippen LogP contribution in [0, 0.1) is 0 Å². The first-order valence-electron chi connectivity index (χ1n) is 12.9. The van der Waals surface area contributed by atoms with Gasteiger partial charge in [0, 0.05) is 17.0 Å². The molecule has 0 heterocycles. The lowest BCUT2D eigenvalue weighted by molar-refractivity contribution is 0.131. The Labute approximate surface area is 216 Å². The highest BCUT2D eigenvalue weighted by atomic mass is 16.3. The molecule has 0 saturated carbocycles. The van der Waals surface area contributed by atoms with Gasteiger partial charge in [0.2, 0.25) is 0 Å². The summed E-state index contributed by atoms with van der Waals surface area (Å²) in [6.07, 6.45) is 0. The van der Waals surface area contributed by atoms with Crippen LogP contribution in [-0.2, 0) is 5.60 Å². The van der Waals surface area contributed by atoms with E-state index in [1.165, 1.54) is 33.2 Å². The zero-order valence-electron chi connectivity index (χ0n) is 20.2. The van der Waals surface area contributed by atoms with Crippen molar-refractivity contribution in [2.75, 3.05) is 0 Å². The fourth-order valence-electron chi connectivity index (χ4n) is 6.71. The maximum atomic E-state index is 12.3. The SMILES string of the molecule is OC1(c2ccc3cc(C4c5ccccc5-c5ccccc54)ccc3c2)c2ccccc2-c2ccccc21. The van der Waals surface area contributed by atoms with Gasteiger partial charge in [0.25, 0.3) is 0 Å². The molecule has 0 radical (unpaired) electrons. The van der Waals surface area contributed by atoms with Crippen LogP contribution >= 0.6 is 0 Å². The Hall–Kier alpha value is -4.46. The molecule has 0 amide bonds. The van der Waals surface area contributed by atoms with E-state index in [9.17, 15) is 5.11 Å². The van der Waals surface area contributed by atoms with Crippen LogP contribution in [0.15, 0.2) is 133 Å². The van der Waals surface area contributed by atoms with Crippen LogP contribution in [0.2, 0.25) is 0 Å². The number of hydrogen-bond donors (Lipinski definition) is 1. The summed E-state index contributed by atoms with van der Waals surface area (Å²) in [5.74, 6) is 0.231. The summed E-state index contributed by atoms with van der Waals surface area (Å²) in [6.45, 7) is 0. The van der Waals surface area contributed by atoms with Crippen LogP contribution in [-0.4, -0.2) is 5.11 Å². The molecule has 1 heteroatoms. The molecule has 0 saturated heterocycles. The third kappa shape index (κ3) is 2.78. The van der Waals surface area contributed by atoms with E-state index in [0.717, 1.165) is 33.2 Å². The lowest BCUT2D eigenvalue weighted by atomic mass is 9.83. The Morgan fingerprint density at radius 1 is 0.459 bits per heavy atom. The molecule has 8 rings (SSSR count). The Morgan fingerprint density at radius 2 is 0.946 bits per heavy atom. The molecule has 37 heavy (non-hydrogen) atoms. The monoisotopic (exact) mass is 472 g/mol. The Morgan fingerprint density at radius 3 is 1.57 bits per heavy atom. The number of aliphatic hydroxyl groups is 1. The molecule has 0 fully saturated rings. The number of fused-ring (bicyclic) bond motifs is 7. The first-order valence-corrected chi connectivity index (χ1v) is 12.9. The summed E-state index contributed by atoms with van der Waals surface area (Å²) in [5, 5.41) is 14.6. The molecule has 0 unspecified atom stereocenters. The van der Waals surface area contributed by atoms with Crippen molar-refractivity contribution >= 4 is 10.8 Å². The zero-order chi connectivity index (χ0) is 24.6. The molecule has 0 atom stereocenters. The zero-order valence-corrected chi connectivity index (χ0v) is 20.2. The minimum Gasteiger partial charge on any atom is -0.376 e. The van der Waals surface area contributed by atoms with Crippen molar-refractivity contribution in [2.45, 2.75) is 11.5 Å². The third-order valence-corrected chi connectivity index (χ3v) is 8.37. The maximum Gasteiger partial charge on any atom is 0.141 e. The van der Waals surface area contributed by atoms with E-state index in [1.807, 2.05) is 24.3 Å². The summed E-state index contributed by atoms with van der Waals surface area (Å²) in [5.41, 5.74) is 10.6. The van der Waals surface area contributed by atoms with Gasteiger partial charge in [-0.05, 0) is 61.3 Å². The van der Waals surface area contributed by atoms with Crippen LogP contribution in [0.4, 0.5) is 0 Å². The van der Waals surface area contributed by atoms with Crippen molar-refractivity contribution < 1.29 is 5.11 Å². The summed E-state index contributed by atoms with van der Waals surface area (Å²) in [4.78, 5) is 0. The Bertz CT molecular complexity index is 1770. The molecule has 2 aliphatic carbocycles. The van der Waals surface area contributed by atoms with Gasteiger partial charge in [-0.1, -0.05) is 127 Å². The van der Waals surface area contributed by atoms with Crippen LogP contribution in [0.1, 0.15) is 39.3 Å². The molecular weight excluding hydrogens is 448 g/mol. The highest BCUT2D eigenvalue weighted by molar-refractivity contribution is 5.88. The molecule has 2 aliphatic rings. The molecule has 0 spiro atoms. The molecule has 0 bridgehead atoms. The summed E-state index contributed by atoms with van der Waals surface area (Å²) < 4.78 is 0. The van der Waals surface area contributed by atoms with Gasteiger partial charge in [-0.3, -0.25) is 0 Å². The smallest absolute Gasteiger partial charge is 0.141 e. The van der Waals surface area contributed by atoms with Crippen molar-refractivity contribution in [3.05, 3.63) is 167 Å². The summed E-state index contributed by atoms with van der Waals surface area (Å²) >= 11 is 0. The molecule has 6 aromatic carbocycles. The lowest BCUT2D eigenvalue weighted by Gasteiger charge is -2.27. The van der Waals surface area contributed by atoms with E-state index in [0.29, 0.717) is 0 Å². The van der Waals surface area contributed by atoms with Gasteiger partial charge in [0.1, 0.15) is 5.60 Å². The summed E-state index contributed by atoms with van der Waals surface area (Å²) in [7, 11) is 0. The van der Waals surface area contributed by atoms with Gasteiger partial charge >= 0.3 is 0 Å². The molecule has 174 valence electrons. The molecule has 1 N–H and O–H groups in total. The Balaban J connectivity index is 1.27. The number of benzene rings is 6. The number of rotatable bonds is 2. The van der Waals surface area contributed by atoms with E-state index in [4.69, 9.17) is 0 Å². The second-order valence-electron chi connectivity index (χ2n) is 10.2. The van der Waals surface area contributed by atoms with Crippen molar-refractivity contribution in [2.24, 2.45) is 0 Å². The average molecular weight is 473 g/mol. The first kappa shape index (κ1) is 20.7. The van der Waals surface area contributed by atoms with Crippen LogP contribution in [0.5, 0.6) is 0 Å². The molecule has 6 aromatic rings. The summed E-state index contributed by atoms with van der Waals surface area (Å²) in [6, 6.07) is 47.2. The van der Waals surface area contributed by atoms with Crippen LogP contribution < -0.4 is 0 Å². The average Bonchev–Trinajstić information content (AvgIpc) is 3.44. The predicted octanol–water partition coefficient (Wildman–Crippen LogP) is 8.27. The minimum absolute atomic E-state index is 0.231. The van der Waals surface area contributed by atoms with Gasteiger partial charge in [-0.15, -0.1) is 0 Å². The van der Waals surface area contributed by atoms with Gasteiger partial charge in [-0.25, -0.2) is 0 Å². The predicted molar refractivity (Wildman–Crippen MR) is 151 cm³/mol. The second-order valence-corrected chi connectivity index (χ2v) is 10.2. The topological polar surface area (TPSA) is 20.2 Å². The molecule has 1 nitrogen and oxygen atoms in total. The quantitative estimate of drug-likeness (QED) is 0.268. The fraction of sp³-hybridized carbons (Fsp3) is 0.0556. The normalized spacial score (nSPS) is 14.7. The third-order valence-electron chi connectivity index (χ3n) is 8.37.